The van der Waals surface area contributed by atoms with E-state index in [1.165, 1.54) is 12.1 Å². The van der Waals surface area contributed by atoms with Crippen LogP contribution in [-0.4, -0.2) is 12.6 Å². The van der Waals surface area contributed by atoms with Gasteiger partial charge in [-0.15, -0.1) is 0 Å². The molecule has 0 fully saturated rings. The van der Waals surface area contributed by atoms with Gasteiger partial charge in [0.05, 0.1) is 5.02 Å². The van der Waals surface area contributed by atoms with Crippen LogP contribution in [0.5, 0.6) is 5.75 Å². The normalized spacial score (nSPS) is 9.56. The number of ether oxygens (including phenoxy) is 1. The molecule has 0 amide bonds. The van der Waals surface area contributed by atoms with Crippen molar-refractivity contribution in [3.8, 4) is 5.75 Å². The first-order valence-corrected chi connectivity index (χ1v) is 5.69. The molecule has 0 spiro atoms. The molecule has 0 aliphatic carbocycles. The fourth-order valence-electron chi connectivity index (χ4n) is 1.23. The van der Waals surface area contributed by atoms with Gasteiger partial charge in [0.1, 0.15) is 10.8 Å². The summed E-state index contributed by atoms with van der Waals surface area (Å²) in [7, 11) is 0. The van der Waals surface area contributed by atoms with Crippen molar-refractivity contribution in [2.45, 2.75) is 13.3 Å². The number of hydrogen-bond donors (Lipinski definition) is 0. The Bertz CT molecular complexity index is 461. The van der Waals surface area contributed by atoms with Crippen molar-refractivity contribution < 1.29 is 66.0 Å². The molecule has 0 aliphatic rings. The van der Waals surface area contributed by atoms with Gasteiger partial charge < -0.3 is 9.84 Å². The zero-order valence-electron chi connectivity index (χ0n) is 10.3. The number of Topliss-reactive ketones (excluding diaryl/α,β-unsaturated/α-hetero) is 1. The molecular weight excluding hydrogens is 302 g/mol. The van der Waals surface area contributed by atoms with Crippen LogP contribution in [0, 0.1) is 0 Å². The van der Waals surface area contributed by atoms with Crippen LogP contribution in [0.3, 0.4) is 0 Å². The molecule has 1 aromatic carbocycles. The second kappa shape index (κ2) is 8.71. The molecule has 0 saturated carbocycles. The van der Waals surface area contributed by atoms with Gasteiger partial charge in [-0.2, -0.15) is 0 Å². The van der Waals surface area contributed by atoms with Crippen molar-refractivity contribution in [3.63, 3.8) is 0 Å². The van der Waals surface area contributed by atoms with Gasteiger partial charge in [0.25, 0.3) is 0 Å². The molecule has 0 bridgehead atoms. The van der Waals surface area contributed by atoms with Crippen molar-refractivity contribution >= 4 is 29.0 Å². The predicted octanol–water partition coefficient (Wildman–Crippen LogP) is -0.157. The number of benzene rings is 1. The Morgan fingerprint density at radius 1 is 1.39 bits per heavy atom. The van der Waals surface area contributed by atoms with E-state index in [4.69, 9.17) is 27.9 Å². The molecule has 0 unspecified atom stereocenters. The van der Waals surface area contributed by atoms with Gasteiger partial charge in [-0.3, -0.25) is 4.79 Å². The van der Waals surface area contributed by atoms with Crippen LogP contribution in [0.1, 0.15) is 23.7 Å². The van der Waals surface area contributed by atoms with Crippen LogP contribution in [-0.2, 0) is 0 Å². The Morgan fingerprint density at radius 2 is 2.00 bits per heavy atom. The zero-order valence-corrected chi connectivity index (χ0v) is 14.9. The molecule has 0 radical (unpaired) electrons. The summed E-state index contributed by atoms with van der Waals surface area (Å²) in [6.07, 6.45) is 0.533. The average molecular weight is 313 g/mol. The van der Waals surface area contributed by atoms with Crippen molar-refractivity contribution in [1.82, 2.24) is 0 Å². The minimum Gasteiger partial charge on any atom is -0.824 e. The van der Waals surface area contributed by atoms with E-state index in [-0.39, 0.29) is 78.5 Å². The third-order valence-electron chi connectivity index (χ3n) is 2.25. The van der Waals surface area contributed by atoms with E-state index in [0.29, 0.717) is 12.0 Å². The van der Waals surface area contributed by atoms with E-state index in [9.17, 15) is 9.90 Å². The number of ketones is 1. The van der Waals surface area contributed by atoms with Crippen LogP contribution in [0.4, 0.5) is 0 Å². The number of carbonyl (C=O) groups excluding carboxylic acids is 1. The monoisotopic (exact) mass is 312 g/mol. The maximum Gasteiger partial charge on any atom is 1.00 e. The van der Waals surface area contributed by atoms with Crippen LogP contribution < -0.4 is 61.2 Å². The Kier molecular flexibility index (Phi) is 9.01. The first-order chi connectivity index (χ1) is 8.02. The summed E-state index contributed by atoms with van der Waals surface area (Å²) in [6, 6.07) is 2.92. The number of halogens is 2. The fraction of sp³-hybridized carbons (Fsp3) is 0.250. The van der Waals surface area contributed by atoms with Gasteiger partial charge in [0.15, 0.2) is 5.78 Å². The van der Waals surface area contributed by atoms with E-state index in [1.807, 2.05) is 6.92 Å². The summed E-state index contributed by atoms with van der Waals surface area (Å²) in [4.78, 5) is 11.9. The Morgan fingerprint density at radius 3 is 2.50 bits per heavy atom. The van der Waals surface area contributed by atoms with E-state index in [0.717, 1.165) is 0 Å². The molecular formula is C12H11Cl2KO3. The van der Waals surface area contributed by atoms with Crippen molar-refractivity contribution in [2.24, 2.45) is 0 Å². The third kappa shape index (κ3) is 4.32. The summed E-state index contributed by atoms with van der Waals surface area (Å²) < 4.78 is 4.73. The quantitative estimate of drug-likeness (QED) is 0.329. The molecule has 1 rings (SSSR count). The van der Waals surface area contributed by atoms with Gasteiger partial charge in [-0.05, 0) is 24.1 Å². The summed E-state index contributed by atoms with van der Waals surface area (Å²) in [5.41, 5.74) is 0.710. The van der Waals surface area contributed by atoms with Crippen molar-refractivity contribution in [1.29, 1.82) is 0 Å². The van der Waals surface area contributed by atoms with Gasteiger partial charge >= 0.3 is 51.4 Å². The van der Waals surface area contributed by atoms with E-state index in [1.54, 1.807) is 0 Å². The summed E-state index contributed by atoms with van der Waals surface area (Å²) in [5.74, 6) is -0.0848. The maximum atomic E-state index is 11.9. The van der Waals surface area contributed by atoms with Crippen LogP contribution >= 0.6 is 23.2 Å². The molecule has 1 aromatic rings. The van der Waals surface area contributed by atoms with E-state index >= 15 is 0 Å². The summed E-state index contributed by atoms with van der Waals surface area (Å²) in [5, 5.41) is 10.5. The molecule has 0 saturated heterocycles. The number of rotatable bonds is 5. The van der Waals surface area contributed by atoms with Gasteiger partial charge in [-0.1, -0.05) is 36.7 Å². The minimum atomic E-state index is -0.759. The van der Waals surface area contributed by atoms with E-state index < -0.39 is 6.79 Å². The average Bonchev–Trinajstić information content (AvgIpc) is 2.33. The van der Waals surface area contributed by atoms with Gasteiger partial charge in [0, 0.05) is 12.4 Å². The topological polar surface area (TPSA) is 49.4 Å². The number of hydrogen-bond acceptors (Lipinski definition) is 3. The predicted molar refractivity (Wildman–Crippen MR) is 65.7 cm³/mol. The Labute approximate surface area is 159 Å². The largest absolute Gasteiger partial charge is 1.00 e. The molecule has 0 heterocycles. The SMILES string of the molecule is C=C(CC)C(=O)c1ccc(OC[O-])c(Cl)c1Cl.[K+]. The molecule has 0 atom stereocenters. The third-order valence-corrected chi connectivity index (χ3v) is 3.12. The van der Waals surface area contributed by atoms with Crippen LogP contribution in [0.25, 0.3) is 0 Å². The van der Waals surface area contributed by atoms with E-state index in [2.05, 4.69) is 6.58 Å². The fourth-order valence-corrected chi connectivity index (χ4v) is 1.69. The standard InChI is InChI=1S/C12H11Cl2O3.K/c1-3-7(2)12(16)8-4-5-9(17-6-15)11(14)10(8)13;/h4-5H,2-3,6H2,1H3;/q-1;+1. The Balaban J connectivity index is 0.00000289. The summed E-state index contributed by atoms with van der Waals surface area (Å²) in [6.45, 7) is 4.71. The first-order valence-electron chi connectivity index (χ1n) is 4.94. The smallest absolute Gasteiger partial charge is 0.824 e. The van der Waals surface area contributed by atoms with Crippen molar-refractivity contribution in [3.05, 3.63) is 39.9 Å². The van der Waals surface area contributed by atoms with Gasteiger partial charge in [-0.25, -0.2) is 0 Å². The molecule has 3 nitrogen and oxygen atoms in total. The second-order valence-electron chi connectivity index (χ2n) is 3.29. The first kappa shape index (κ1) is 18.6. The molecule has 18 heavy (non-hydrogen) atoms. The summed E-state index contributed by atoms with van der Waals surface area (Å²) >= 11 is 11.8. The Hall–Kier alpha value is 0.606. The maximum absolute atomic E-state index is 11.9. The number of allylic oxidation sites excluding steroid dienone is 1. The van der Waals surface area contributed by atoms with Crippen LogP contribution in [0.2, 0.25) is 10.0 Å². The number of carbonyl (C=O) groups is 1. The molecule has 6 heteroatoms. The van der Waals surface area contributed by atoms with Crippen molar-refractivity contribution in [2.75, 3.05) is 6.79 Å². The van der Waals surface area contributed by atoms with Gasteiger partial charge in [0.2, 0.25) is 0 Å². The molecule has 0 aromatic heterocycles. The molecule has 92 valence electrons. The second-order valence-corrected chi connectivity index (χ2v) is 4.04. The molecule has 0 aliphatic heterocycles. The van der Waals surface area contributed by atoms with Crippen LogP contribution in [0.15, 0.2) is 24.3 Å². The molecule has 0 N–H and O–H groups in total. The zero-order chi connectivity index (χ0) is 13.0. The minimum absolute atomic E-state index is 0.